The van der Waals surface area contributed by atoms with Crippen LogP contribution in [-0.4, -0.2) is 53.3 Å². The first-order valence-electron chi connectivity index (χ1n) is 6.65. The number of hydrogen-bond acceptors (Lipinski definition) is 3. The molecular weight excluding hydrogens is 278 g/mol. The Bertz CT molecular complexity index is 467. The number of hydrogen-bond donors (Lipinski definition) is 2. The molecule has 0 aliphatic rings. The normalized spacial score (nSPS) is 14.7. The molecular formula is C14H24ClN3O2. The van der Waals surface area contributed by atoms with Crippen LogP contribution in [0.1, 0.15) is 37.3 Å². The van der Waals surface area contributed by atoms with Gasteiger partial charge in [0, 0.05) is 25.3 Å². The number of amides is 1. The van der Waals surface area contributed by atoms with E-state index < -0.39 is 5.60 Å². The lowest BCUT2D eigenvalue weighted by atomic mass is 10.1. The Labute approximate surface area is 125 Å². The van der Waals surface area contributed by atoms with Crippen molar-refractivity contribution >= 4 is 17.5 Å². The zero-order chi connectivity index (χ0) is 15.5. The van der Waals surface area contributed by atoms with Crippen molar-refractivity contribution < 1.29 is 9.90 Å². The van der Waals surface area contributed by atoms with E-state index >= 15 is 0 Å². The van der Waals surface area contributed by atoms with E-state index in [4.69, 9.17) is 11.6 Å². The van der Waals surface area contributed by atoms with Crippen molar-refractivity contribution in [3.63, 3.8) is 0 Å². The van der Waals surface area contributed by atoms with Crippen LogP contribution >= 0.6 is 11.6 Å². The van der Waals surface area contributed by atoms with Crippen LogP contribution in [0.15, 0.2) is 12.3 Å². The lowest BCUT2D eigenvalue weighted by Gasteiger charge is -2.27. The Morgan fingerprint density at radius 3 is 2.65 bits per heavy atom. The number of aliphatic hydroxyl groups is 1. The molecule has 5 nitrogen and oxygen atoms in total. The van der Waals surface area contributed by atoms with Crippen LogP contribution < -0.4 is 5.32 Å². The molecule has 0 aromatic carbocycles. The van der Waals surface area contributed by atoms with Gasteiger partial charge in [-0.2, -0.15) is 0 Å². The number of halogens is 1. The fraction of sp³-hybridized carbons (Fsp3) is 0.643. The standard InChI is InChI=1S/C14H24ClN3O2/c1-10(2)18-7-11(15)6-12(18)13(19)16-8-14(3,20)9-17(4)5/h6-7,10,20H,8-9H2,1-5H3,(H,16,19). The van der Waals surface area contributed by atoms with E-state index in [0.717, 1.165) is 0 Å². The molecule has 0 fully saturated rings. The molecule has 0 spiro atoms. The highest BCUT2D eigenvalue weighted by Gasteiger charge is 2.23. The molecule has 1 aromatic rings. The van der Waals surface area contributed by atoms with E-state index in [1.54, 1.807) is 19.2 Å². The van der Waals surface area contributed by atoms with Gasteiger partial charge in [0.15, 0.2) is 0 Å². The second-order valence-electron chi connectivity index (χ2n) is 5.96. The number of rotatable bonds is 6. The monoisotopic (exact) mass is 301 g/mol. The summed E-state index contributed by atoms with van der Waals surface area (Å²) in [5.74, 6) is -0.232. The number of likely N-dealkylation sites (N-methyl/N-ethyl adjacent to an activating group) is 1. The molecule has 2 N–H and O–H groups in total. The van der Waals surface area contributed by atoms with Gasteiger partial charge in [0.1, 0.15) is 5.69 Å². The highest BCUT2D eigenvalue weighted by Crippen LogP contribution is 2.18. The minimum absolute atomic E-state index is 0.144. The van der Waals surface area contributed by atoms with Crippen molar-refractivity contribution in [2.24, 2.45) is 0 Å². The zero-order valence-corrected chi connectivity index (χ0v) is 13.5. The second kappa shape index (κ2) is 6.61. The maximum Gasteiger partial charge on any atom is 0.268 e. The van der Waals surface area contributed by atoms with Crippen LogP contribution in [0.2, 0.25) is 5.02 Å². The van der Waals surface area contributed by atoms with Gasteiger partial charge < -0.3 is 19.9 Å². The van der Waals surface area contributed by atoms with Gasteiger partial charge in [-0.05, 0) is 40.9 Å². The van der Waals surface area contributed by atoms with E-state index in [9.17, 15) is 9.90 Å². The molecule has 1 atom stereocenters. The van der Waals surface area contributed by atoms with Gasteiger partial charge in [0.2, 0.25) is 0 Å². The Morgan fingerprint density at radius 1 is 1.55 bits per heavy atom. The van der Waals surface area contributed by atoms with E-state index in [0.29, 0.717) is 17.3 Å². The molecule has 1 aromatic heterocycles. The van der Waals surface area contributed by atoms with Crippen molar-refractivity contribution in [2.75, 3.05) is 27.2 Å². The number of carbonyl (C=O) groups is 1. The molecule has 0 aliphatic carbocycles. The fourth-order valence-corrected chi connectivity index (χ4v) is 2.36. The minimum Gasteiger partial charge on any atom is -0.387 e. The molecule has 6 heteroatoms. The van der Waals surface area contributed by atoms with Gasteiger partial charge in [0.05, 0.1) is 10.6 Å². The lowest BCUT2D eigenvalue weighted by Crippen LogP contribution is -2.47. The Balaban J connectivity index is 2.73. The number of nitrogens with zero attached hydrogens (tertiary/aromatic N) is 2. The van der Waals surface area contributed by atoms with Crippen LogP contribution in [0.3, 0.4) is 0 Å². The lowest BCUT2D eigenvalue weighted by molar-refractivity contribution is 0.0324. The quantitative estimate of drug-likeness (QED) is 0.842. The maximum absolute atomic E-state index is 12.2. The smallest absolute Gasteiger partial charge is 0.268 e. The van der Waals surface area contributed by atoms with Crippen molar-refractivity contribution in [1.82, 2.24) is 14.8 Å². The predicted molar refractivity (Wildman–Crippen MR) is 81.3 cm³/mol. The first-order valence-corrected chi connectivity index (χ1v) is 7.03. The van der Waals surface area contributed by atoms with Crippen molar-refractivity contribution in [2.45, 2.75) is 32.4 Å². The van der Waals surface area contributed by atoms with Gasteiger partial charge in [-0.25, -0.2) is 0 Å². The van der Waals surface area contributed by atoms with Gasteiger partial charge in [0.25, 0.3) is 5.91 Å². The van der Waals surface area contributed by atoms with Crippen LogP contribution in [-0.2, 0) is 0 Å². The van der Waals surface area contributed by atoms with Crippen molar-refractivity contribution in [3.8, 4) is 0 Å². The van der Waals surface area contributed by atoms with Crippen molar-refractivity contribution in [1.29, 1.82) is 0 Å². The van der Waals surface area contributed by atoms with Crippen molar-refractivity contribution in [3.05, 3.63) is 23.0 Å². The summed E-state index contributed by atoms with van der Waals surface area (Å²) in [6, 6.07) is 1.78. The van der Waals surface area contributed by atoms with E-state index in [2.05, 4.69) is 5.32 Å². The summed E-state index contributed by atoms with van der Waals surface area (Å²) in [6.45, 7) is 6.32. The molecule has 20 heavy (non-hydrogen) atoms. The van der Waals surface area contributed by atoms with Gasteiger partial charge >= 0.3 is 0 Å². The summed E-state index contributed by atoms with van der Waals surface area (Å²) in [5, 5.41) is 13.5. The number of carbonyl (C=O) groups excluding carboxylic acids is 1. The first kappa shape index (κ1) is 17.0. The van der Waals surface area contributed by atoms with Crippen LogP contribution in [0.4, 0.5) is 0 Å². The number of nitrogens with one attached hydrogen (secondary N) is 1. The Morgan fingerprint density at radius 2 is 2.15 bits per heavy atom. The molecule has 0 saturated heterocycles. The molecule has 1 unspecified atom stereocenters. The van der Waals surface area contributed by atoms with Gasteiger partial charge in [-0.15, -0.1) is 0 Å². The van der Waals surface area contributed by atoms with Crippen LogP contribution in [0, 0.1) is 0 Å². The Kier molecular flexibility index (Phi) is 5.62. The Hall–Kier alpha value is -1.04. The highest BCUT2D eigenvalue weighted by molar-refractivity contribution is 6.31. The summed E-state index contributed by atoms with van der Waals surface area (Å²) < 4.78 is 1.82. The van der Waals surface area contributed by atoms with Crippen LogP contribution in [0.25, 0.3) is 0 Å². The molecule has 0 saturated carbocycles. The largest absolute Gasteiger partial charge is 0.387 e. The van der Waals surface area contributed by atoms with E-state index in [-0.39, 0.29) is 18.5 Å². The molecule has 0 bridgehead atoms. The van der Waals surface area contributed by atoms with Gasteiger partial charge in [-0.1, -0.05) is 11.6 Å². The molecule has 114 valence electrons. The maximum atomic E-state index is 12.2. The first-order chi connectivity index (χ1) is 9.12. The summed E-state index contributed by atoms with van der Waals surface area (Å²) >= 11 is 5.96. The molecule has 1 heterocycles. The highest BCUT2D eigenvalue weighted by atomic mass is 35.5. The summed E-state index contributed by atoms with van der Waals surface area (Å²) in [5.41, 5.74) is -0.469. The SMILES string of the molecule is CC(C)n1cc(Cl)cc1C(=O)NCC(C)(O)CN(C)C. The molecule has 1 amide bonds. The summed E-state index contributed by atoms with van der Waals surface area (Å²) in [7, 11) is 3.75. The summed E-state index contributed by atoms with van der Waals surface area (Å²) in [6.07, 6.45) is 1.74. The van der Waals surface area contributed by atoms with E-state index in [1.807, 2.05) is 37.4 Å². The fourth-order valence-electron chi connectivity index (χ4n) is 2.15. The topological polar surface area (TPSA) is 57.5 Å². The van der Waals surface area contributed by atoms with Gasteiger partial charge in [-0.3, -0.25) is 4.79 Å². The third-order valence-corrected chi connectivity index (χ3v) is 3.10. The van der Waals surface area contributed by atoms with E-state index in [1.165, 1.54) is 0 Å². The molecule has 1 rings (SSSR count). The average Bonchev–Trinajstić information content (AvgIpc) is 2.67. The predicted octanol–water partition coefficient (Wildman–Crippen LogP) is 1.76. The molecule has 0 radical (unpaired) electrons. The van der Waals surface area contributed by atoms with Crippen LogP contribution in [0.5, 0.6) is 0 Å². The minimum atomic E-state index is -0.974. The summed E-state index contributed by atoms with van der Waals surface area (Å²) in [4.78, 5) is 14.1. The third-order valence-electron chi connectivity index (χ3n) is 2.89. The average molecular weight is 302 g/mol. The zero-order valence-electron chi connectivity index (χ0n) is 12.8. The third kappa shape index (κ3) is 4.81. The molecule has 0 aliphatic heterocycles. The second-order valence-corrected chi connectivity index (χ2v) is 6.40. The number of aromatic nitrogens is 1.